The van der Waals surface area contributed by atoms with Crippen LogP contribution in [0.25, 0.3) is 11.8 Å². The van der Waals surface area contributed by atoms with Gasteiger partial charge in [0.1, 0.15) is 5.76 Å². The van der Waals surface area contributed by atoms with Crippen LogP contribution in [0.4, 0.5) is 0 Å². The Hall–Kier alpha value is -1.61. The third-order valence-corrected chi connectivity index (χ3v) is 2.81. The summed E-state index contributed by atoms with van der Waals surface area (Å²) in [7, 11) is 0. The average molecular weight is 276 g/mol. The van der Waals surface area contributed by atoms with Gasteiger partial charge in [-0.15, -0.1) is 0 Å². The van der Waals surface area contributed by atoms with E-state index in [0.717, 1.165) is 15.7 Å². The number of benzene rings is 1. The zero-order valence-electron chi connectivity index (χ0n) is 8.47. The minimum atomic E-state index is 0.200. The highest BCUT2D eigenvalue weighted by molar-refractivity contribution is 9.10. The van der Waals surface area contributed by atoms with Gasteiger partial charge in [-0.2, -0.15) is 0 Å². The molecular formula is C13H10BrNO. The minimum Gasteiger partial charge on any atom is -0.507 e. The highest BCUT2D eigenvalue weighted by atomic mass is 79.9. The predicted molar refractivity (Wildman–Crippen MR) is 68.9 cm³/mol. The molecule has 0 unspecified atom stereocenters. The molecule has 1 N–H and O–H groups in total. The summed E-state index contributed by atoms with van der Waals surface area (Å²) >= 11 is 3.39. The molecule has 2 rings (SSSR count). The summed E-state index contributed by atoms with van der Waals surface area (Å²) in [4.78, 5) is 4.12. The fourth-order valence-corrected chi connectivity index (χ4v) is 1.84. The fourth-order valence-electron chi connectivity index (χ4n) is 1.35. The largest absolute Gasteiger partial charge is 0.507 e. The molecule has 80 valence electrons. The molecule has 0 saturated heterocycles. The van der Waals surface area contributed by atoms with E-state index in [1.165, 1.54) is 0 Å². The molecule has 0 aliphatic heterocycles. The number of hydrogen-bond donors (Lipinski definition) is 1. The van der Waals surface area contributed by atoms with Crippen LogP contribution < -0.4 is 0 Å². The third kappa shape index (κ3) is 2.49. The molecule has 0 fully saturated rings. The predicted octanol–water partition coefficient (Wildman–Crippen LogP) is 3.90. The van der Waals surface area contributed by atoms with Gasteiger partial charge in [0.25, 0.3) is 0 Å². The summed E-state index contributed by atoms with van der Waals surface area (Å²) < 4.78 is 0.861. The highest BCUT2D eigenvalue weighted by Gasteiger charge is 2.03. The summed E-state index contributed by atoms with van der Waals surface area (Å²) in [5.74, 6) is 0.200. The lowest BCUT2D eigenvalue weighted by molar-refractivity contribution is 0.515. The molecule has 1 aromatic heterocycles. The van der Waals surface area contributed by atoms with E-state index in [2.05, 4.69) is 20.9 Å². The number of aliphatic hydroxyl groups is 1. The molecule has 1 heterocycles. The number of rotatable bonds is 2. The summed E-state index contributed by atoms with van der Waals surface area (Å²) in [5.41, 5.74) is 1.49. The first-order chi connectivity index (χ1) is 7.77. The molecule has 0 atom stereocenters. The van der Waals surface area contributed by atoms with Crippen LogP contribution in [0.15, 0.2) is 53.1 Å². The monoisotopic (exact) mass is 275 g/mol. The van der Waals surface area contributed by atoms with Gasteiger partial charge >= 0.3 is 0 Å². The van der Waals surface area contributed by atoms with Crippen molar-refractivity contribution in [3.8, 4) is 0 Å². The van der Waals surface area contributed by atoms with Crippen molar-refractivity contribution < 1.29 is 5.11 Å². The van der Waals surface area contributed by atoms with Gasteiger partial charge in [0.05, 0.1) is 5.69 Å². The Bertz CT molecular complexity index is 508. The van der Waals surface area contributed by atoms with Gasteiger partial charge < -0.3 is 5.11 Å². The molecule has 3 heteroatoms. The van der Waals surface area contributed by atoms with Crippen LogP contribution in [0.2, 0.25) is 0 Å². The fraction of sp³-hybridized carbons (Fsp3) is 0. The van der Waals surface area contributed by atoms with E-state index in [4.69, 9.17) is 0 Å². The van der Waals surface area contributed by atoms with Gasteiger partial charge in [0, 0.05) is 22.3 Å². The van der Waals surface area contributed by atoms with Crippen LogP contribution in [0.5, 0.6) is 0 Å². The average Bonchev–Trinajstić information content (AvgIpc) is 2.31. The normalized spacial score (nSPS) is 11.4. The zero-order valence-corrected chi connectivity index (χ0v) is 10.1. The van der Waals surface area contributed by atoms with Gasteiger partial charge in [0.15, 0.2) is 0 Å². The first-order valence-corrected chi connectivity index (χ1v) is 5.63. The summed E-state index contributed by atoms with van der Waals surface area (Å²) in [6.45, 7) is 0. The SMILES string of the molecule is OC(=Cc1ccccn1)c1ccccc1Br. The quantitative estimate of drug-likeness (QED) is 0.844. The smallest absolute Gasteiger partial charge is 0.126 e. The van der Waals surface area contributed by atoms with E-state index in [0.29, 0.717) is 0 Å². The summed E-state index contributed by atoms with van der Waals surface area (Å²) in [5, 5.41) is 9.95. The molecule has 0 radical (unpaired) electrons. The standard InChI is InChI=1S/C13H10BrNO/c14-12-7-2-1-6-11(12)13(16)9-10-5-3-4-8-15-10/h1-9,16H. The number of halogens is 1. The zero-order chi connectivity index (χ0) is 11.4. The first kappa shape index (κ1) is 10.9. The third-order valence-electron chi connectivity index (χ3n) is 2.12. The molecule has 0 spiro atoms. The number of hydrogen-bond acceptors (Lipinski definition) is 2. The van der Waals surface area contributed by atoms with Crippen LogP contribution in [-0.4, -0.2) is 10.1 Å². The molecule has 0 aliphatic rings. The number of pyridine rings is 1. The Balaban J connectivity index is 2.36. The Morgan fingerprint density at radius 1 is 1.12 bits per heavy atom. The second kappa shape index (κ2) is 4.94. The van der Waals surface area contributed by atoms with Crippen molar-refractivity contribution in [1.82, 2.24) is 4.98 Å². The van der Waals surface area contributed by atoms with E-state index in [9.17, 15) is 5.11 Å². The number of aromatic nitrogens is 1. The van der Waals surface area contributed by atoms with Crippen LogP contribution >= 0.6 is 15.9 Å². The minimum absolute atomic E-state index is 0.200. The van der Waals surface area contributed by atoms with Gasteiger partial charge in [-0.25, -0.2) is 0 Å². The lowest BCUT2D eigenvalue weighted by Crippen LogP contribution is -1.86. The van der Waals surface area contributed by atoms with E-state index < -0.39 is 0 Å². The van der Waals surface area contributed by atoms with E-state index in [-0.39, 0.29) is 5.76 Å². The van der Waals surface area contributed by atoms with Gasteiger partial charge in [-0.3, -0.25) is 4.98 Å². The molecule has 0 bridgehead atoms. The Morgan fingerprint density at radius 2 is 1.88 bits per heavy atom. The molecule has 0 amide bonds. The van der Waals surface area contributed by atoms with Crippen LogP contribution in [0.1, 0.15) is 11.3 Å². The van der Waals surface area contributed by atoms with E-state index in [1.807, 2.05) is 42.5 Å². The van der Waals surface area contributed by atoms with Gasteiger partial charge in [0.2, 0.25) is 0 Å². The van der Waals surface area contributed by atoms with Gasteiger partial charge in [-0.05, 0) is 18.2 Å². The van der Waals surface area contributed by atoms with Crippen molar-refractivity contribution in [1.29, 1.82) is 0 Å². The maximum atomic E-state index is 9.95. The topological polar surface area (TPSA) is 33.1 Å². The Labute approximate surface area is 102 Å². The molecular weight excluding hydrogens is 266 g/mol. The molecule has 0 saturated carbocycles. The van der Waals surface area contributed by atoms with Crippen molar-refractivity contribution in [2.75, 3.05) is 0 Å². The highest BCUT2D eigenvalue weighted by Crippen LogP contribution is 2.23. The van der Waals surface area contributed by atoms with Crippen molar-refractivity contribution in [3.63, 3.8) is 0 Å². The molecule has 1 aromatic carbocycles. The summed E-state index contributed by atoms with van der Waals surface area (Å²) in [6, 6.07) is 13.1. The first-order valence-electron chi connectivity index (χ1n) is 4.84. The maximum absolute atomic E-state index is 9.95. The molecule has 16 heavy (non-hydrogen) atoms. The van der Waals surface area contributed by atoms with E-state index >= 15 is 0 Å². The van der Waals surface area contributed by atoms with Crippen LogP contribution in [-0.2, 0) is 0 Å². The van der Waals surface area contributed by atoms with Gasteiger partial charge in [-0.1, -0.05) is 40.2 Å². The lowest BCUT2D eigenvalue weighted by atomic mass is 10.1. The van der Waals surface area contributed by atoms with Crippen molar-refractivity contribution in [3.05, 3.63) is 64.4 Å². The molecule has 2 aromatic rings. The van der Waals surface area contributed by atoms with Crippen LogP contribution in [0, 0.1) is 0 Å². The van der Waals surface area contributed by atoms with Crippen molar-refractivity contribution in [2.24, 2.45) is 0 Å². The molecule has 2 nitrogen and oxygen atoms in total. The Kier molecular flexibility index (Phi) is 3.37. The van der Waals surface area contributed by atoms with Crippen molar-refractivity contribution in [2.45, 2.75) is 0 Å². The second-order valence-electron chi connectivity index (χ2n) is 3.26. The summed E-state index contributed by atoms with van der Waals surface area (Å²) in [6.07, 6.45) is 3.33. The maximum Gasteiger partial charge on any atom is 0.126 e. The van der Waals surface area contributed by atoms with E-state index in [1.54, 1.807) is 12.3 Å². The van der Waals surface area contributed by atoms with Crippen molar-refractivity contribution >= 4 is 27.8 Å². The second-order valence-corrected chi connectivity index (χ2v) is 4.12. The number of aliphatic hydroxyl groups excluding tert-OH is 1. The van der Waals surface area contributed by atoms with Crippen LogP contribution in [0.3, 0.4) is 0 Å². The number of nitrogens with zero attached hydrogens (tertiary/aromatic N) is 1. The molecule has 0 aliphatic carbocycles. The Morgan fingerprint density at radius 3 is 2.56 bits per heavy atom. The lowest BCUT2D eigenvalue weighted by Gasteiger charge is -2.02.